The summed E-state index contributed by atoms with van der Waals surface area (Å²) < 4.78 is 1.92. The molecule has 6 heteroatoms. The summed E-state index contributed by atoms with van der Waals surface area (Å²) in [6, 6.07) is 3.64. The van der Waals surface area contributed by atoms with E-state index in [1.54, 1.807) is 12.3 Å². The van der Waals surface area contributed by atoms with Crippen molar-refractivity contribution in [3.05, 3.63) is 39.8 Å². The predicted molar refractivity (Wildman–Crippen MR) is 106 cm³/mol. The summed E-state index contributed by atoms with van der Waals surface area (Å²) in [5.41, 5.74) is 1.50. The fraction of sp³-hybridized carbons (Fsp3) is 0.571. The molecule has 1 amide bonds. The Hall–Kier alpha value is -2.21. The van der Waals surface area contributed by atoms with Crippen LogP contribution in [0.2, 0.25) is 0 Å². The van der Waals surface area contributed by atoms with Crippen molar-refractivity contribution in [2.24, 2.45) is 0 Å². The number of amides is 1. The lowest BCUT2D eigenvalue weighted by Crippen LogP contribution is -2.62. The van der Waals surface area contributed by atoms with E-state index < -0.39 is 0 Å². The monoisotopic (exact) mass is 368 g/mol. The predicted octanol–water partition coefficient (Wildman–Crippen LogP) is 2.43. The number of rotatable bonds is 2. The van der Waals surface area contributed by atoms with Gasteiger partial charge in [0, 0.05) is 38.1 Å². The minimum Gasteiger partial charge on any atom is -0.332 e. The molecule has 1 aliphatic heterocycles. The lowest BCUT2D eigenvalue weighted by molar-refractivity contribution is 0.0123. The Morgan fingerprint density at radius 3 is 2.67 bits per heavy atom. The van der Waals surface area contributed by atoms with E-state index in [0.717, 1.165) is 44.5 Å². The highest BCUT2D eigenvalue weighted by molar-refractivity contribution is 5.97. The van der Waals surface area contributed by atoms with Crippen LogP contribution in [0.5, 0.6) is 0 Å². The number of carbonyl (C=O) groups excluding carboxylic acids is 1. The highest BCUT2D eigenvalue weighted by Gasteiger charge is 2.45. The average Bonchev–Trinajstić information content (AvgIpc) is 3.10. The number of aryl methyl sites for hydroxylation is 2. The maximum Gasteiger partial charge on any atom is 0.259 e. The van der Waals surface area contributed by atoms with Gasteiger partial charge in [-0.3, -0.25) is 9.59 Å². The van der Waals surface area contributed by atoms with Gasteiger partial charge in [0.1, 0.15) is 11.2 Å². The van der Waals surface area contributed by atoms with Crippen molar-refractivity contribution in [1.82, 2.24) is 19.4 Å². The average molecular weight is 368 g/mol. The Morgan fingerprint density at radius 2 is 1.96 bits per heavy atom. The molecule has 1 saturated carbocycles. The molecule has 4 rings (SSSR count). The van der Waals surface area contributed by atoms with E-state index in [2.05, 4.69) is 16.9 Å². The first-order valence-corrected chi connectivity index (χ1v) is 9.96. The van der Waals surface area contributed by atoms with Gasteiger partial charge in [-0.25, -0.2) is 4.98 Å². The summed E-state index contributed by atoms with van der Waals surface area (Å²) in [5.74, 6) is -0.111. The van der Waals surface area contributed by atoms with E-state index >= 15 is 0 Å². The van der Waals surface area contributed by atoms with Crippen LogP contribution >= 0.6 is 0 Å². The molecule has 2 fully saturated rings. The normalized spacial score (nSPS) is 19.9. The van der Waals surface area contributed by atoms with Gasteiger partial charge in [-0.15, -0.1) is 0 Å². The SMILES string of the molecule is CCn1cc(C(=O)N2CCN(C)CC23CCCC3)c(=O)c2ccc(C)nc21. The van der Waals surface area contributed by atoms with Crippen molar-refractivity contribution in [2.75, 3.05) is 26.7 Å². The minimum atomic E-state index is -0.195. The number of hydrogen-bond acceptors (Lipinski definition) is 4. The number of nitrogens with zero attached hydrogens (tertiary/aromatic N) is 4. The van der Waals surface area contributed by atoms with Crippen molar-refractivity contribution in [3.8, 4) is 0 Å². The molecule has 6 nitrogen and oxygen atoms in total. The van der Waals surface area contributed by atoms with E-state index in [1.165, 1.54) is 0 Å². The van der Waals surface area contributed by atoms with Gasteiger partial charge >= 0.3 is 0 Å². The Balaban J connectivity index is 1.82. The second-order valence-electron chi connectivity index (χ2n) is 8.11. The van der Waals surface area contributed by atoms with Gasteiger partial charge in [0.25, 0.3) is 5.91 Å². The standard InChI is InChI=1S/C21H28N4O2/c1-4-24-13-17(18(26)16-8-7-15(2)22-19(16)24)20(27)25-12-11-23(3)14-21(25)9-5-6-10-21/h7-8,13H,4-6,9-12,14H2,1-3H3. The first-order valence-electron chi connectivity index (χ1n) is 9.96. The van der Waals surface area contributed by atoms with Crippen molar-refractivity contribution >= 4 is 16.9 Å². The summed E-state index contributed by atoms with van der Waals surface area (Å²) in [7, 11) is 2.12. The van der Waals surface area contributed by atoms with Crippen LogP contribution in [-0.4, -0.2) is 57.5 Å². The van der Waals surface area contributed by atoms with Gasteiger partial charge in [0.05, 0.1) is 10.9 Å². The van der Waals surface area contributed by atoms with Gasteiger partial charge in [-0.2, -0.15) is 0 Å². The number of likely N-dealkylation sites (N-methyl/N-ethyl adjacent to an activating group) is 1. The van der Waals surface area contributed by atoms with Crippen LogP contribution in [0.15, 0.2) is 23.1 Å². The maximum absolute atomic E-state index is 13.5. The third kappa shape index (κ3) is 2.96. The quantitative estimate of drug-likeness (QED) is 0.817. The smallest absolute Gasteiger partial charge is 0.259 e. The second-order valence-corrected chi connectivity index (χ2v) is 8.11. The van der Waals surface area contributed by atoms with Crippen molar-refractivity contribution in [1.29, 1.82) is 0 Å². The zero-order valence-electron chi connectivity index (χ0n) is 16.5. The molecule has 0 atom stereocenters. The van der Waals surface area contributed by atoms with Crippen LogP contribution in [0, 0.1) is 6.92 Å². The number of aromatic nitrogens is 2. The first-order chi connectivity index (χ1) is 12.9. The van der Waals surface area contributed by atoms with Crippen LogP contribution in [-0.2, 0) is 6.54 Å². The third-order valence-corrected chi connectivity index (χ3v) is 6.25. The van der Waals surface area contributed by atoms with Crippen LogP contribution < -0.4 is 5.43 Å². The molecule has 1 spiro atoms. The largest absolute Gasteiger partial charge is 0.332 e. The molecule has 27 heavy (non-hydrogen) atoms. The van der Waals surface area contributed by atoms with Gasteiger partial charge in [-0.1, -0.05) is 12.8 Å². The molecule has 0 bridgehead atoms. The molecule has 0 radical (unpaired) electrons. The fourth-order valence-corrected chi connectivity index (χ4v) is 4.85. The fourth-order valence-electron chi connectivity index (χ4n) is 4.85. The molecule has 144 valence electrons. The lowest BCUT2D eigenvalue weighted by atomic mass is 9.91. The Morgan fingerprint density at radius 1 is 1.22 bits per heavy atom. The highest BCUT2D eigenvalue weighted by atomic mass is 16.2. The molecular weight excluding hydrogens is 340 g/mol. The topological polar surface area (TPSA) is 58.4 Å². The summed E-state index contributed by atoms with van der Waals surface area (Å²) in [4.78, 5) is 35.5. The van der Waals surface area contributed by atoms with Crippen LogP contribution in [0.4, 0.5) is 0 Å². The van der Waals surface area contributed by atoms with Crippen LogP contribution in [0.25, 0.3) is 11.0 Å². The molecule has 1 aliphatic carbocycles. The number of hydrogen-bond donors (Lipinski definition) is 0. The molecular formula is C21H28N4O2. The second kappa shape index (κ2) is 6.75. The number of fused-ring (bicyclic) bond motifs is 1. The van der Waals surface area contributed by atoms with Crippen molar-refractivity contribution in [2.45, 2.75) is 51.6 Å². The molecule has 3 heterocycles. The van der Waals surface area contributed by atoms with Crippen molar-refractivity contribution in [3.63, 3.8) is 0 Å². The maximum atomic E-state index is 13.5. The molecule has 2 aliphatic rings. The number of carbonyl (C=O) groups is 1. The molecule has 0 aromatic carbocycles. The van der Waals surface area contributed by atoms with Crippen LogP contribution in [0.1, 0.15) is 48.7 Å². The molecule has 2 aromatic rings. The molecule has 0 unspecified atom stereocenters. The van der Waals surface area contributed by atoms with E-state index in [1.807, 2.05) is 29.4 Å². The van der Waals surface area contributed by atoms with Crippen LogP contribution in [0.3, 0.4) is 0 Å². The van der Waals surface area contributed by atoms with E-state index in [9.17, 15) is 9.59 Å². The highest BCUT2D eigenvalue weighted by Crippen LogP contribution is 2.38. The summed E-state index contributed by atoms with van der Waals surface area (Å²) in [6.07, 6.45) is 6.08. The van der Waals surface area contributed by atoms with Gasteiger partial charge in [-0.05, 0) is 45.9 Å². The Labute approximate surface area is 159 Å². The molecule has 2 aromatic heterocycles. The summed E-state index contributed by atoms with van der Waals surface area (Å²) in [5, 5.41) is 0.530. The summed E-state index contributed by atoms with van der Waals surface area (Å²) in [6.45, 7) is 7.03. The Kier molecular flexibility index (Phi) is 4.54. The van der Waals surface area contributed by atoms with Gasteiger partial charge in [0.15, 0.2) is 0 Å². The molecule has 0 N–H and O–H groups in total. The third-order valence-electron chi connectivity index (χ3n) is 6.25. The number of pyridine rings is 2. The zero-order chi connectivity index (χ0) is 19.2. The zero-order valence-corrected chi connectivity index (χ0v) is 16.5. The minimum absolute atomic E-state index is 0.111. The lowest BCUT2D eigenvalue weighted by Gasteiger charge is -2.48. The number of piperazine rings is 1. The van der Waals surface area contributed by atoms with E-state index in [0.29, 0.717) is 24.1 Å². The Bertz CT molecular complexity index is 943. The van der Waals surface area contributed by atoms with Gasteiger partial charge < -0.3 is 14.4 Å². The van der Waals surface area contributed by atoms with Crippen molar-refractivity contribution < 1.29 is 4.79 Å². The summed E-state index contributed by atoms with van der Waals surface area (Å²) >= 11 is 0. The first kappa shape index (κ1) is 18.2. The molecule has 1 saturated heterocycles. The van der Waals surface area contributed by atoms with E-state index in [4.69, 9.17) is 0 Å². The van der Waals surface area contributed by atoms with E-state index in [-0.39, 0.29) is 22.4 Å². The van der Waals surface area contributed by atoms with Gasteiger partial charge in [0.2, 0.25) is 5.43 Å².